The summed E-state index contributed by atoms with van der Waals surface area (Å²) in [5, 5.41) is 0.860. The molecule has 2 aliphatic heterocycles. The molecule has 1 saturated heterocycles. The lowest BCUT2D eigenvalue weighted by atomic mass is 10.1. The van der Waals surface area contributed by atoms with Crippen LogP contribution < -0.4 is 0 Å². The molecule has 0 atom stereocenters. The maximum absolute atomic E-state index is 6.32. The molecule has 1 aromatic rings. The van der Waals surface area contributed by atoms with Crippen molar-refractivity contribution >= 4 is 45.7 Å². The van der Waals surface area contributed by atoms with E-state index in [-0.39, 0.29) is 0 Å². The highest BCUT2D eigenvalue weighted by molar-refractivity contribution is 14.1. The first-order valence-electron chi connectivity index (χ1n) is 6.04. The average Bonchev–Trinajstić information content (AvgIpc) is 2.51. The maximum atomic E-state index is 6.32. The predicted molar refractivity (Wildman–Crippen MR) is 80.1 cm³/mol. The molecule has 0 aromatic heterocycles. The Morgan fingerprint density at radius 1 is 1.24 bits per heavy atom. The second-order valence-corrected chi connectivity index (χ2v) is 6.30. The standard InChI is InChI=1S/C13H14ClIN2/c14-11-6-9(15)7-12-10(11)8-17-5-3-1-2-4-13(17)16-12/h6-7H,1-5,8H2. The number of fused-ring (bicyclic) bond motifs is 2. The molecule has 3 rings (SSSR count). The Morgan fingerprint density at radius 3 is 3.00 bits per heavy atom. The Morgan fingerprint density at radius 2 is 2.12 bits per heavy atom. The largest absolute Gasteiger partial charge is 0.356 e. The maximum Gasteiger partial charge on any atom is 0.105 e. The first-order chi connectivity index (χ1) is 8.24. The monoisotopic (exact) mass is 360 g/mol. The fourth-order valence-electron chi connectivity index (χ4n) is 2.52. The summed E-state index contributed by atoms with van der Waals surface area (Å²) >= 11 is 8.62. The van der Waals surface area contributed by atoms with E-state index in [1.807, 2.05) is 6.07 Å². The minimum atomic E-state index is 0.860. The van der Waals surface area contributed by atoms with Crippen molar-refractivity contribution in [1.82, 2.24) is 4.90 Å². The van der Waals surface area contributed by atoms with Crippen LogP contribution in [0.2, 0.25) is 5.02 Å². The zero-order valence-electron chi connectivity index (χ0n) is 9.55. The van der Waals surface area contributed by atoms with Gasteiger partial charge in [-0.2, -0.15) is 0 Å². The highest BCUT2D eigenvalue weighted by atomic mass is 127. The van der Waals surface area contributed by atoms with Gasteiger partial charge in [-0.05, 0) is 47.6 Å². The summed E-state index contributed by atoms with van der Waals surface area (Å²) in [5.74, 6) is 1.26. The van der Waals surface area contributed by atoms with Gasteiger partial charge in [0.25, 0.3) is 0 Å². The second kappa shape index (κ2) is 4.76. The van der Waals surface area contributed by atoms with Crippen LogP contribution in [-0.4, -0.2) is 17.3 Å². The number of aliphatic imine (C=N–C) groups is 1. The van der Waals surface area contributed by atoms with Gasteiger partial charge in [-0.3, -0.25) is 0 Å². The molecule has 2 heterocycles. The number of benzene rings is 1. The van der Waals surface area contributed by atoms with Crippen LogP contribution in [0, 0.1) is 3.57 Å². The van der Waals surface area contributed by atoms with Crippen LogP contribution in [0.1, 0.15) is 31.2 Å². The van der Waals surface area contributed by atoms with E-state index in [4.69, 9.17) is 16.6 Å². The molecule has 0 radical (unpaired) electrons. The van der Waals surface area contributed by atoms with Crippen molar-refractivity contribution in [3.05, 3.63) is 26.3 Å². The number of hydrogen-bond donors (Lipinski definition) is 0. The molecular formula is C13H14ClIN2. The molecule has 1 aromatic carbocycles. The van der Waals surface area contributed by atoms with Crippen molar-refractivity contribution in [3.8, 4) is 0 Å². The fourth-order valence-corrected chi connectivity index (χ4v) is 3.59. The number of amidine groups is 1. The van der Waals surface area contributed by atoms with Gasteiger partial charge in [0, 0.05) is 33.7 Å². The number of rotatable bonds is 0. The van der Waals surface area contributed by atoms with E-state index in [9.17, 15) is 0 Å². The Balaban J connectivity index is 2.05. The highest BCUT2D eigenvalue weighted by Gasteiger charge is 2.23. The summed E-state index contributed by atoms with van der Waals surface area (Å²) in [5.41, 5.74) is 2.27. The van der Waals surface area contributed by atoms with E-state index in [0.29, 0.717) is 0 Å². The lowest BCUT2D eigenvalue weighted by Crippen LogP contribution is -2.32. The first kappa shape index (κ1) is 11.8. The summed E-state index contributed by atoms with van der Waals surface area (Å²) in [6, 6.07) is 4.16. The Hall–Kier alpha value is -0.290. The third kappa shape index (κ3) is 2.32. The lowest BCUT2D eigenvalue weighted by Gasteiger charge is -2.29. The molecule has 2 aliphatic rings. The van der Waals surface area contributed by atoms with Crippen LogP contribution >= 0.6 is 34.2 Å². The van der Waals surface area contributed by atoms with Gasteiger partial charge >= 0.3 is 0 Å². The van der Waals surface area contributed by atoms with Crippen molar-refractivity contribution in [3.63, 3.8) is 0 Å². The van der Waals surface area contributed by atoms with Gasteiger partial charge in [0.1, 0.15) is 5.84 Å². The predicted octanol–water partition coefficient (Wildman–Crippen LogP) is 4.36. The first-order valence-corrected chi connectivity index (χ1v) is 7.50. The lowest BCUT2D eigenvalue weighted by molar-refractivity contribution is 0.403. The molecule has 0 bridgehead atoms. The van der Waals surface area contributed by atoms with Gasteiger partial charge in [-0.1, -0.05) is 18.0 Å². The van der Waals surface area contributed by atoms with E-state index in [2.05, 4.69) is 33.6 Å². The highest BCUT2D eigenvalue weighted by Crippen LogP contribution is 2.35. The smallest absolute Gasteiger partial charge is 0.105 e. The molecule has 90 valence electrons. The minimum absolute atomic E-state index is 0.860. The van der Waals surface area contributed by atoms with Crippen molar-refractivity contribution in [2.75, 3.05) is 6.54 Å². The third-order valence-corrected chi connectivity index (χ3v) is 4.39. The Bertz CT molecular complexity index is 485. The van der Waals surface area contributed by atoms with Crippen molar-refractivity contribution < 1.29 is 0 Å². The van der Waals surface area contributed by atoms with Crippen molar-refractivity contribution in [1.29, 1.82) is 0 Å². The van der Waals surface area contributed by atoms with Gasteiger partial charge in [0.2, 0.25) is 0 Å². The van der Waals surface area contributed by atoms with Gasteiger partial charge in [-0.25, -0.2) is 4.99 Å². The van der Waals surface area contributed by atoms with E-state index >= 15 is 0 Å². The van der Waals surface area contributed by atoms with Crippen LogP contribution in [0.25, 0.3) is 0 Å². The van der Waals surface area contributed by atoms with Crippen molar-refractivity contribution in [2.45, 2.75) is 32.2 Å². The molecular weight excluding hydrogens is 347 g/mol. The average molecular weight is 361 g/mol. The normalized spacial score (nSPS) is 19.2. The molecule has 0 spiro atoms. The molecule has 0 unspecified atom stereocenters. The Labute approximate surface area is 120 Å². The number of halogens is 2. The van der Waals surface area contributed by atoms with Crippen LogP contribution in [0.5, 0.6) is 0 Å². The molecule has 2 nitrogen and oxygen atoms in total. The van der Waals surface area contributed by atoms with Crippen LogP contribution in [0.15, 0.2) is 17.1 Å². The van der Waals surface area contributed by atoms with Gasteiger partial charge in [0.05, 0.1) is 5.69 Å². The van der Waals surface area contributed by atoms with Gasteiger partial charge < -0.3 is 4.90 Å². The molecule has 0 N–H and O–H groups in total. The zero-order valence-corrected chi connectivity index (χ0v) is 12.5. The molecule has 0 saturated carbocycles. The van der Waals surface area contributed by atoms with Crippen LogP contribution in [0.4, 0.5) is 5.69 Å². The number of hydrogen-bond acceptors (Lipinski definition) is 2. The zero-order chi connectivity index (χ0) is 11.8. The van der Waals surface area contributed by atoms with Crippen LogP contribution in [0.3, 0.4) is 0 Å². The van der Waals surface area contributed by atoms with E-state index in [1.165, 1.54) is 30.7 Å². The fraction of sp³-hybridized carbons (Fsp3) is 0.462. The summed E-state index contributed by atoms with van der Waals surface area (Å²) in [6.45, 7) is 2.06. The molecule has 4 heteroatoms. The van der Waals surface area contributed by atoms with E-state index < -0.39 is 0 Å². The SMILES string of the molecule is Clc1cc(I)cc2c1CN1CCCCCC1=N2. The summed E-state index contributed by atoms with van der Waals surface area (Å²) in [6.07, 6.45) is 4.97. The summed E-state index contributed by atoms with van der Waals surface area (Å²) in [4.78, 5) is 7.20. The second-order valence-electron chi connectivity index (χ2n) is 4.65. The van der Waals surface area contributed by atoms with Crippen molar-refractivity contribution in [2.24, 2.45) is 4.99 Å². The quantitative estimate of drug-likeness (QED) is 0.628. The molecule has 17 heavy (non-hydrogen) atoms. The molecule has 0 amide bonds. The topological polar surface area (TPSA) is 15.6 Å². The van der Waals surface area contributed by atoms with Crippen LogP contribution in [-0.2, 0) is 6.54 Å². The summed E-state index contributed by atoms with van der Waals surface area (Å²) in [7, 11) is 0. The molecule has 0 aliphatic carbocycles. The van der Waals surface area contributed by atoms with Gasteiger partial charge in [0.15, 0.2) is 0 Å². The minimum Gasteiger partial charge on any atom is -0.356 e. The Kier molecular flexibility index (Phi) is 3.30. The van der Waals surface area contributed by atoms with E-state index in [0.717, 1.165) is 33.8 Å². The number of nitrogens with zero attached hydrogens (tertiary/aromatic N) is 2. The van der Waals surface area contributed by atoms with Gasteiger partial charge in [-0.15, -0.1) is 0 Å². The third-order valence-electron chi connectivity index (χ3n) is 3.43. The van der Waals surface area contributed by atoms with E-state index in [1.54, 1.807) is 0 Å². The molecule has 1 fully saturated rings. The summed E-state index contributed by atoms with van der Waals surface area (Å²) < 4.78 is 1.16.